The number of amides is 1. The van der Waals surface area contributed by atoms with Crippen molar-refractivity contribution in [1.29, 1.82) is 0 Å². The molecule has 0 aliphatic carbocycles. The normalized spacial score (nSPS) is 21.8. The molecule has 0 aromatic carbocycles. The van der Waals surface area contributed by atoms with Gasteiger partial charge in [0.2, 0.25) is 5.91 Å². The molecule has 1 aliphatic heterocycles. The molecule has 0 aromatic heterocycles. The van der Waals surface area contributed by atoms with Crippen molar-refractivity contribution in [3.05, 3.63) is 6.92 Å². The van der Waals surface area contributed by atoms with Crippen LogP contribution in [0.3, 0.4) is 0 Å². The lowest BCUT2D eigenvalue weighted by Crippen LogP contribution is -2.48. The summed E-state index contributed by atoms with van der Waals surface area (Å²) in [6.45, 7) is 6.63. The minimum atomic E-state index is 0.198. The Kier molecular flexibility index (Phi) is 2.27. The van der Waals surface area contributed by atoms with Gasteiger partial charge in [0.1, 0.15) is 0 Å². The molecule has 0 N–H and O–H groups in total. The molecule has 0 aromatic rings. The van der Waals surface area contributed by atoms with Gasteiger partial charge in [0, 0.05) is 19.6 Å². The minimum absolute atomic E-state index is 0.198. The molecular formula is C7H13N2O. The third-order valence-electron chi connectivity index (χ3n) is 1.78. The standard InChI is InChI=1S/C7H13N2O/c1-3-9-5-4-8(2)6-7(9)10/h1,3-6H2,2H3. The molecule has 3 nitrogen and oxygen atoms in total. The average Bonchev–Trinajstić information content (AvgIpc) is 1.88. The molecule has 0 atom stereocenters. The van der Waals surface area contributed by atoms with Crippen molar-refractivity contribution >= 4 is 5.91 Å². The van der Waals surface area contributed by atoms with Crippen LogP contribution < -0.4 is 0 Å². The Hall–Kier alpha value is -0.570. The predicted octanol–water partition coefficient (Wildman–Crippen LogP) is -0.406. The van der Waals surface area contributed by atoms with Gasteiger partial charge in [0.05, 0.1) is 6.54 Å². The molecular weight excluding hydrogens is 128 g/mol. The van der Waals surface area contributed by atoms with Gasteiger partial charge in [-0.3, -0.25) is 9.69 Å². The van der Waals surface area contributed by atoms with E-state index in [0.29, 0.717) is 13.1 Å². The number of carbonyl (C=O) groups excluding carboxylic acids is 1. The van der Waals surface area contributed by atoms with Gasteiger partial charge in [0.25, 0.3) is 0 Å². The number of rotatable bonds is 1. The highest BCUT2D eigenvalue weighted by atomic mass is 16.2. The Morgan fingerprint density at radius 1 is 1.60 bits per heavy atom. The molecule has 0 spiro atoms. The zero-order valence-electron chi connectivity index (χ0n) is 6.34. The van der Waals surface area contributed by atoms with Crippen LogP contribution in [-0.4, -0.2) is 48.9 Å². The molecule has 1 fully saturated rings. The number of hydrogen-bond donors (Lipinski definition) is 0. The second kappa shape index (κ2) is 3.01. The highest BCUT2D eigenvalue weighted by molar-refractivity contribution is 5.78. The second-order valence-corrected chi connectivity index (χ2v) is 2.62. The van der Waals surface area contributed by atoms with E-state index in [0.717, 1.165) is 13.1 Å². The van der Waals surface area contributed by atoms with Crippen molar-refractivity contribution in [3.63, 3.8) is 0 Å². The van der Waals surface area contributed by atoms with Gasteiger partial charge in [-0.05, 0) is 14.0 Å². The van der Waals surface area contributed by atoms with Crippen LogP contribution in [0.2, 0.25) is 0 Å². The van der Waals surface area contributed by atoms with Crippen LogP contribution in [0, 0.1) is 6.92 Å². The van der Waals surface area contributed by atoms with Crippen LogP contribution in [0.4, 0.5) is 0 Å². The van der Waals surface area contributed by atoms with E-state index >= 15 is 0 Å². The third kappa shape index (κ3) is 1.48. The fraction of sp³-hybridized carbons (Fsp3) is 0.714. The van der Waals surface area contributed by atoms with E-state index in [-0.39, 0.29) is 5.91 Å². The van der Waals surface area contributed by atoms with Crippen LogP contribution in [0.1, 0.15) is 0 Å². The van der Waals surface area contributed by atoms with Gasteiger partial charge in [-0.2, -0.15) is 0 Å². The van der Waals surface area contributed by atoms with Crippen LogP contribution >= 0.6 is 0 Å². The highest BCUT2D eigenvalue weighted by Crippen LogP contribution is 1.98. The lowest BCUT2D eigenvalue weighted by molar-refractivity contribution is -0.134. The Morgan fingerprint density at radius 3 is 2.80 bits per heavy atom. The Bertz CT molecular complexity index is 136. The molecule has 1 radical (unpaired) electrons. The third-order valence-corrected chi connectivity index (χ3v) is 1.78. The van der Waals surface area contributed by atoms with E-state index in [2.05, 4.69) is 6.92 Å². The Balaban J connectivity index is 2.43. The van der Waals surface area contributed by atoms with E-state index in [1.54, 1.807) is 4.90 Å². The Morgan fingerprint density at radius 2 is 2.30 bits per heavy atom. The number of likely N-dealkylation sites (N-methyl/N-ethyl adjacent to an activating group) is 1. The number of carbonyl (C=O) groups is 1. The van der Waals surface area contributed by atoms with Gasteiger partial charge in [-0.25, -0.2) is 0 Å². The summed E-state index contributed by atoms with van der Waals surface area (Å²) in [6.07, 6.45) is 0. The molecule has 0 bridgehead atoms. The monoisotopic (exact) mass is 141 g/mol. The first-order valence-corrected chi connectivity index (χ1v) is 3.49. The molecule has 10 heavy (non-hydrogen) atoms. The molecule has 1 heterocycles. The molecule has 1 aliphatic rings. The van der Waals surface area contributed by atoms with E-state index in [9.17, 15) is 4.79 Å². The van der Waals surface area contributed by atoms with Gasteiger partial charge in [0.15, 0.2) is 0 Å². The maximum absolute atomic E-state index is 11.1. The molecule has 3 heteroatoms. The van der Waals surface area contributed by atoms with E-state index in [4.69, 9.17) is 0 Å². The molecule has 0 saturated carbocycles. The lowest BCUT2D eigenvalue weighted by Gasteiger charge is -2.30. The number of piperazine rings is 1. The smallest absolute Gasteiger partial charge is 0.236 e. The first-order valence-electron chi connectivity index (χ1n) is 3.49. The fourth-order valence-electron chi connectivity index (χ4n) is 1.06. The van der Waals surface area contributed by atoms with Crippen molar-refractivity contribution in [3.8, 4) is 0 Å². The van der Waals surface area contributed by atoms with Crippen molar-refractivity contribution in [2.75, 3.05) is 33.2 Å². The lowest BCUT2D eigenvalue weighted by atomic mass is 10.3. The maximum Gasteiger partial charge on any atom is 0.236 e. The van der Waals surface area contributed by atoms with Crippen molar-refractivity contribution in [1.82, 2.24) is 9.80 Å². The van der Waals surface area contributed by atoms with Crippen LogP contribution in [-0.2, 0) is 4.79 Å². The van der Waals surface area contributed by atoms with Crippen LogP contribution in [0.15, 0.2) is 0 Å². The SMILES string of the molecule is [CH2]CN1CCN(C)CC1=O. The summed E-state index contributed by atoms with van der Waals surface area (Å²) in [5.74, 6) is 0.198. The first kappa shape index (κ1) is 7.54. The summed E-state index contributed by atoms with van der Waals surface area (Å²) in [5, 5.41) is 0. The summed E-state index contributed by atoms with van der Waals surface area (Å²) < 4.78 is 0. The Labute approximate surface area is 61.6 Å². The van der Waals surface area contributed by atoms with E-state index in [1.165, 1.54) is 0 Å². The average molecular weight is 141 g/mol. The summed E-state index contributed by atoms with van der Waals surface area (Å²) in [7, 11) is 1.96. The fourth-order valence-corrected chi connectivity index (χ4v) is 1.06. The van der Waals surface area contributed by atoms with Gasteiger partial charge in [-0.1, -0.05) is 0 Å². The maximum atomic E-state index is 11.1. The number of nitrogens with zero attached hydrogens (tertiary/aromatic N) is 2. The topological polar surface area (TPSA) is 23.6 Å². The predicted molar refractivity (Wildman–Crippen MR) is 39.4 cm³/mol. The number of hydrogen-bond acceptors (Lipinski definition) is 2. The summed E-state index contributed by atoms with van der Waals surface area (Å²) >= 11 is 0. The van der Waals surface area contributed by atoms with Gasteiger partial charge >= 0.3 is 0 Å². The molecule has 0 unspecified atom stereocenters. The van der Waals surface area contributed by atoms with Crippen LogP contribution in [0.25, 0.3) is 0 Å². The highest BCUT2D eigenvalue weighted by Gasteiger charge is 2.18. The van der Waals surface area contributed by atoms with Crippen molar-refractivity contribution < 1.29 is 4.79 Å². The summed E-state index contributed by atoms with van der Waals surface area (Å²) in [4.78, 5) is 14.9. The first-order chi connectivity index (χ1) is 4.74. The van der Waals surface area contributed by atoms with Crippen molar-refractivity contribution in [2.24, 2.45) is 0 Å². The molecule has 1 rings (SSSR count). The summed E-state index contributed by atoms with van der Waals surface area (Å²) in [6, 6.07) is 0. The molecule has 1 saturated heterocycles. The summed E-state index contributed by atoms with van der Waals surface area (Å²) in [5.41, 5.74) is 0. The van der Waals surface area contributed by atoms with Crippen LogP contribution in [0.5, 0.6) is 0 Å². The van der Waals surface area contributed by atoms with Gasteiger partial charge < -0.3 is 4.90 Å². The van der Waals surface area contributed by atoms with E-state index in [1.807, 2.05) is 11.9 Å². The van der Waals surface area contributed by atoms with Gasteiger partial charge in [-0.15, -0.1) is 0 Å². The second-order valence-electron chi connectivity index (χ2n) is 2.62. The quantitative estimate of drug-likeness (QED) is 0.496. The molecule has 57 valence electrons. The minimum Gasteiger partial charge on any atom is -0.340 e. The molecule has 1 amide bonds. The van der Waals surface area contributed by atoms with Crippen molar-refractivity contribution in [2.45, 2.75) is 0 Å². The van der Waals surface area contributed by atoms with E-state index < -0.39 is 0 Å². The zero-order chi connectivity index (χ0) is 7.56. The zero-order valence-corrected chi connectivity index (χ0v) is 6.34. The largest absolute Gasteiger partial charge is 0.340 e.